The van der Waals surface area contributed by atoms with Crippen LogP contribution in [-0.4, -0.2) is 13.2 Å². The number of anilines is 1. The van der Waals surface area contributed by atoms with E-state index in [9.17, 15) is 4.79 Å². The molecule has 0 bridgehead atoms. The first-order chi connectivity index (χ1) is 13.8. The van der Waals surface area contributed by atoms with E-state index in [0.29, 0.717) is 25.3 Å². The predicted octanol–water partition coefficient (Wildman–Crippen LogP) is 4.72. The van der Waals surface area contributed by atoms with Gasteiger partial charge in [-0.1, -0.05) is 30.3 Å². The van der Waals surface area contributed by atoms with Crippen molar-refractivity contribution in [3.63, 3.8) is 0 Å². The number of rotatable bonds is 3. The molecule has 5 heteroatoms. The number of hydrogen-bond donors (Lipinski definition) is 1. The molecule has 1 aromatic heterocycles. The van der Waals surface area contributed by atoms with Gasteiger partial charge in [-0.05, 0) is 34.5 Å². The van der Waals surface area contributed by atoms with Crippen LogP contribution in [0.2, 0.25) is 0 Å². The molecule has 1 aliphatic heterocycles. The molecule has 0 atom stereocenters. The van der Waals surface area contributed by atoms with Crippen LogP contribution in [0.25, 0.3) is 21.7 Å². The van der Waals surface area contributed by atoms with Gasteiger partial charge in [0.15, 0.2) is 11.5 Å². The molecule has 2 heterocycles. The summed E-state index contributed by atoms with van der Waals surface area (Å²) in [6.07, 6.45) is 0.871. The molecule has 3 aromatic carbocycles. The van der Waals surface area contributed by atoms with Crippen molar-refractivity contribution < 1.29 is 13.9 Å². The molecule has 0 amide bonds. The maximum atomic E-state index is 12.1. The maximum absolute atomic E-state index is 12.1. The molecular weight excluding hydrogens is 354 g/mol. The van der Waals surface area contributed by atoms with Crippen molar-refractivity contribution in [2.24, 2.45) is 0 Å². The van der Waals surface area contributed by atoms with E-state index in [4.69, 9.17) is 13.9 Å². The average Bonchev–Trinajstić information content (AvgIpc) is 2.96. The van der Waals surface area contributed by atoms with Crippen molar-refractivity contribution in [2.45, 2.75) is 13.0 Å². The summed E-state index contributed by atoms with van der Waals surface area (Å²) in [5.74, 6) is 1.50. The monoisotopic (exact) mass is 373 g/mol. The van der Waals surface area contributed by atoms with Crippen LogP contribution in [0.5, 0.6) is 11.5 Å². The smallest absolute Gasteiger partial charge is 0.336 e. The molecule has 5 rings (SSSR count). The van der Waals surface area contributed by atoms with Gasteiger partial charge in [0, 0.05) is 36.2 Å². The number of benzene rings is 3. The van der Waals surface area contributed by atoms with Crippen LogP contribution in [0.15, 0.2) is 69.9 Å². The van der Waals surface area contributed by atoms with E-state index in [1.54, 1.807) is 6.07 Å². The Kier molecular flexibility index (Phi) is 4.13. The molecule has 0 spiro atoms. The van der Waals surface area contributed by atoms with E-state index < -0.39 is 0 Å². The summed E-state index contributed by atoms with van der Waals surface area (Å²) in [5.41, 5.74) is 2.06. The van der Waals surface area contributed by atoms with Crippen molar-refractivity contribution in [1.29, 1.82) is 0 Å². The molecule has 0 saturated carbocycles. The lowest BCUT2D eigenvalue weighted by molar-refractivity contribution is 0.297. The lowest BCUT2D eigenvalue weighted by Gasteiger charge is -2.13. The van der Waals surface area contributed by atoms with Crippen molar-refractivity contribution >= 4 is 27.4 Å². The largest absolute Gasteiger partial charge is 0.490 e. The molecule has 1 aliphatic rings. The van der Waals surface area contributed by atoms with Gasteiger partial charge in [0.1, 0.15) is 5.58 Å². The highest BCUT2D eigenvalue weighted by atomic mass is 16.5. The SMILES string of the molecule is O=c1cc(CNc2ccc3c(c2)OCCCO3)c2c(ccc3ccccc32)o1. The molecule has 5 nitrogen and oxygen atoms in total. The summed E-state index contributed by atoms with van der Waals surface area (Å²) in [6.45, 7) is 1.81. The lowest BCUT2D eigenvalue weighted by Crippen LogP contribution is -2.06. The minimum absolute atomic E-state index is 0.349. The van der Waals surface area contributed by atoms with E-state index in [1.807, 2.05) is 42.5 Å². The summed E-state index contributed by atoms with van der Waals surface area (Å²) < 4.78 is 16.9. The van der Waals surface area contributed by atoms with Gasteiger partial charge in [0.2, 0.25) is 0 Å². The molecule has 1 N–H and O–H groups in total. The van der Waals surface area contributed by atoms with Crippen LogP contribution in [0.3, 0.4) is 0 Å². The van der Waals surface area contributed by atoms with Crippen molar-refractivity contribution in [1.82, 2.24) is 0 Å². The van der Waals surface area contributed by atoms with Crippen LogP contribution >= 0.6 is 0 Å². The Bertz CT molecular complexity index is 1230. The summed E-state index contributed by atoms with van der Waals surface area (Å²) in [7, 11) is 0. The highest BCUT2D eigenvalue weighted by molar-refractivity contribution is 6.07. The summed E-state index contributed by atoms with van der Waals surface area (Å²) in [6, 6.07) is 19.3. The van der Waals surface area contributed by atoms with Gasteiger partial charge in [-0.25, -0.2) is 4.79 Å². The summed E-state index contributed by atoms with van der Waals surface area (Å²) in [4.78, 5) is 12.1. The number of fused-ring (bicyclic) bond motifs is 4. The lowest BCUT2D eigenvalue weighted by atomic mass is 10.0. The molecule has 0 fully saturated rings. The van der Waals surface area contributed by atoms with Gasteiger partial charge in [0.05, 0.1) is 13.2 Å². The zero-order chi connectivity index (χ0) is 18.9. The van der Waals surface area contributed by atoms with Crippen molar-refractivity contribution in [2.75, 3.05) is 18.5 Å². The van der Waals surface area contributed by atoms with Crippen LogP contribution in [0.4, 0.5) is 5.69 Å². The van der Waals surface area contributed by atoms with Gasteiger partial charge in [-0.15, -0.1) is 0 Å². The fraction of sp³-hybridized carbons (Fsp3) is 0.174. The summed E-state index contributed by atoms with van der Waals surface area (Å²) >= 11 is 0. The highest BCUT2D eigenvalue weighted by Gasteiger charge is 2.12. The zero-order valence-corrected chi connectivity index (χ0v) is 15.2. The Balaban J connectivity index is 1.52. The van der Waals surface area contributed by atoms with Crippen LogP contribution < -0.4 is 20.4 Å². The second-order valence-electron chi connectivity index (χ2n) is 6.82. The quantitative estimate of drug-likeness (QED) is 0.416. The zero-order valence-electron chi connectivity index (χ0n) is 15.2. The van der Waals surface area contributed by atoms with Crippen molar-refractivity contribution in [3.05, 3.63) is 76.6 Å². The number of nitrogens with one attached hydrogen (secondary N) is 1. The van der Waals surface area contributed by atoms with E-state index in [2.05, 4.69) is 17.4 Å². The molecule has 28 heavy (non-hydrogen) atoms. The Morgan fingerprint density at radius 3 is 2.68 bits per heavy atom. The number of hydrogen-bond acceptors (Lipinski definition) is 5. The van der Waals surface area contributed by atoms with Gasteiger partial charge in [0.25, 0.3) is 0 Å². The first kappa shape index (κ1) is 16.7. The fourth-order valence-electron chi connectivity index (χ4n) is 3.63. The van der Waals surface area contributed by atoms with Gasteiger partial charge in [-0.3, -0.25) is 0 Å². The van der Waals surface area contributed by atoms with Gasteiger partial charge < -0.3 is 19.2 Å². The average molecular weight is 373 g/mol. The second-order valence-corrected chi connectivity index (χ2v) is 6.82. The normalized spacial score (nSPS) is 13.4. The molecular formula is C23H19NO4. The van der Waals surface area contributed by atoms with Crippen LogP contribution in [0, 0.1) is 0 Å². The first-order valence-electron chi connectivity index (χ1n) is 9.36. The molecule has 0 aliphatic carbocycles. The third kappa shape index (κ3) is 3.05. The minimum atomic E-state index is -0.349. The van der Waals surface area contributed by atoms with Crippen molar-refractivity contribution in [3.8, 4) is 11.5 Å². The third-order valence-electron chi connectivity index (χ3n) is 4.95. The summed E-state index contributed by atoms with van der Waals surface area (Å²) in [5, 5.41) is 6.54. The third-order valence-corrected chi connectivity index (χ3v) is 4.95. The Morgan fingerprint density at radius 1 is 0.893 bits per heavy atom. The molecule has 0 radical (unpaired) electrons. The molecule has 0 unspecified atom stereocenters. The molecule has 4 aromatic rings. The van der Waals surface area contributed by atoms with Crippen LogP contribution in [-0.2, 0) is 6.54 Å². The number of ether oxygens (including phenoxy) is 2. The van der Waals surface area contributed by atoms with E-state index in [1.165, 1.54) is 0 Å². The molecule has 140 valence electrons. The van der Waals surface area contributed by atoms with Gasteiger partial charge in [-0.2, -0.15) is 0 Å². The van der Waals surface area contributed by atoms with Crippen LogP contribution in [0.1, 0.15) is 12.0 Å². The molecule has 0 saturated heterocycles. The second kappa shape index (κ2) is 6.93. The Labute approximate surface area is 161 Å². The standard InChI is InChI=1S/C23H19NO4/c25-22-12-16(23-18-5-2-1-4-15(18)6-8-20(23)28-22)14-24-17-7-9-19-21(13-17)27-11-3-10-26-19/h1-2,4-9,12-13,24H,3,10-11,14H2. The van der Waals surface area contributed by atoms with E-state index >= 15 is 0 Å². The first-order valence-corrected chi connectivity index (χ1v) is 9.36. The Morgan fingerprint density at radius 2 is 1.75 bits per heavy atom. The van der Waals surface area contributed by atoms with Gasteiger partial charge >= 0.3 is 5.63 Å². The fourth-order valence-corrected chi connectivity index (χ4v) is 3.63. The Hall–Kier alpha value is -3.47. The highest BCUT2D eigenvalue weighted by Crippen LogP contribution is 2.33. The van der Waals surface area contributed by atoms with E-state index in [-0.39, 0.29) is 5.63 Å². The topological polar surface area (TPSA) is 60.7 Å². The predicted molar refractivity (Wildman–Crippen MR) is 109 cm³/mol. The minimum Gasteiger partial charge on any atom is -0.490 e. The van der Waals surface area contributed by atoms with E-state index in [0.717, 1.165) is 45.3 Å². The maximum Gasteiger partial charge on any atom is 0.336 e.